The molecule has 0 atom stereocenters. The highest BCUT2D eigenvalue weighted by atomic mass is 19.1. The van der Waals surface area contributed by atoms with Crippen molar-refractivity contribution in [3.63, 3.8) is 0 Å². The van der Waals surface area contributed by atoms with Crippen LogP contribution in [0.15, 0.2) is 30.3 Å². The maximum absolute atomic E-state index is 13.2. The maximum Gasteiger partial charge on any atom is 0.270 e. The number of hydrogen-bond acceptors (Lipinski definition) is 5. The molecule has 1 saturated heterocycles. The van der Waals surface area contributed by atoms with Crippen LogP contribution >= 0.6 is 0 Å². The number of amides is 1. The van der Waals surface area contributed by atoms with Gasteiger partial charge >= 0.3 is 0 Å². The number of morpholine rings is 1. The van der Waals surface area contributed by atoms with E-state index in [1.165, 1.54) is 12.1 Å². The lowest BCUT2D eigenvalue weighted by Crippen LogP contribution is -2.38. The SMILES string of the molecule is Cc1cc(C(=O)NCc2cccc(F)c2)nc(N2CCOCC2)n1. The molecular formula is C17H19FN4O2. The van der Waals surface area contributed by atoms with Gasteiger partial charge in [-0.05, 0) is 30.7 Å². The molecule has 0 aliphatic carbocycles. The first kappa shape index (κ1) is 16.3. The fourth-order valence-electron chi connectivity index (χ4n) is 2.49. The Morgan fingerprint density at radius 2 is 2.08 bits per heavy atom. The van der Waals surface area contributed by atoms with Gasteiger partial charge in [0.1, 0.15) is 11.5 Å². The summed E-state index contributed by atoms with van der Waals surface area (Å²) in [5.74, 6) is -0.0947. The molecule has 0 saturated carbocycles. The van der Waals surface area contributed by atoms with Crippen molar-refractivity contribution in [1.29, 1.82) is 0 Å². The van der Waals surface area contributed by atoms with Crippen LogP contribution in [0.3, 0.4) is 0 Å². The number of anilines is 1. The normalized spacial score (nSPS) is 14.5. The molecular weight excluding hydrogens is 311 g/mol. The molecule has 0 spiro atoms. The molecule has 0 unspecified atom stereocenters. The minimum Gasteiger partial charge on any atom is -0.378 e. The Labute approximate surface area is 139 Å². The van der Waals surface area contributed by atoms with Crippen molar-refractivity contribution < 1.29 is 13.9 Å². The molecule has 1 N–H and O–H groups in total. The van der Waals surface area contributed by atoms with Gasteiger partial charge in [0.25, 0.3) is 5.91 Å². The molecule has 0 radical (unpaired) electrons. The van der Waals surface area contributed by atoms with Gasteiger partial charge in [-0.1, -0.05) is 12.1 Å². The molecule has 2 heterocycles. The van der Waals surface area contributed by atoms with E-state index in [1.807, 2.05) is 11.8 Å². The number of aromatic nitrogens is 2. The third kappa shape index (κ3) is 4.05. The first-order chi connectivity index (χ1) is 11.6. The number of halogens is 1. The summed E-state index contributed by atoms with van der Waals surface area (Å²) >= 11 is 0. The number of rotatable bonds is 4. The van der Waals surface area contributed by atoms with Gasteiger partial charge in [-0.25, -0.2) is 14.4 Å². The van der Waals surface area contributed by atoms with Crippen molar-refractivity contribution in [3.05, 3.63) is 53.1 Å². The Bertz CT molecular complexity index is 732. The van der Waals surface area contributed by atoms with Crippen LogP contribution in [-0.2, 0) is 11.3 Å². The second-order valence-electron chi connectivity index (χ2n) is 5.61. The van der Waals surface area contributed by atoms with Crippen molar-refractivity contribution >= 4 is 11.9 Å². The van der Waals surface area contributed by atoms with Crippen LogP contribution in [0.1, 0.15) is 21.7 Å². The van der Waals surface area contributed by atoms with Crippen molar-refractivity contribution in [3.8, 4) is 0 Å². The van der Waals surface area contributed by atoms with Crippen LogP contribution in [0.2, 0.25) is 0 Å². The molecule has 1 aromatic heterocycles. The van der Waals surface area contributed by atoms with Crippen LogP contribution < -0.4 is 10.2 Å². The molecule has 1 fully saturated rings. The zero-order valence-electron chi connectivity index (χ0n) is 13.5. The highest BCUT2D eigenvalue weighted by Crippen LogP contribution is 2.12. The van der Waals surface area contributed by atoms with Crippen molar-refractivity contribution in [2.24, 2.45) is 0 Å². The lowest BCUT2D eigenvalue weighted by molar-refractivity contribution is 0.0945. The predicted molar refractivity (Wildman–Crippen MR) is 87.4 cm³/mol. The van der Waals surface area contributed by atoms with Gasteiger partial charge in [0.15, 0.2) is 0 Å². The van der Waals surface area contributed by atoms with E-state index in [1.54, 1.807) is 18.2 Å². The molecule has 1 aliphatic rings. The molecule has 6 nitrogen and oxygen atoms in total. The lowest BCUT2D eigenvalue weighted by atomic mass is 10.2. The molecule has 126 valence electrons. The van der Waals surface area contributed by atoms with Gasteiger partial charge in [-0.2, -0.15) is 0 Å². The van der Waals surface area contributed by atoms with Crippen LogP contribution in [0.25, 0.3) is 0 Å². The van der Waals surface area contributed by atoms with E-state index in [9.17, 15) is 9.18 Å². The predicted octanol–water partition coefficient (Wildman–Crippen LogP) is 1.69. The third-order valence-electron chi connectivity index (χ3n) is 3.71. The minimum absolute atomic E-state index is 0.243. The Hall–Kier alpha value is -2.54. The van der Waals surface area contributed by atoms with Gasteiger partial charge in [-0.15, -0.1) is 0 Å². The molecule has 3 rings (SSSR count). The second-order valence-corrected chi connectivity index (χ2v) is 5.61. The van der Waals surface area contributed by atoms with E-state index < -0.39 is 0 Å². The van der Waals surface area contributed by atoms with Crippen molar-refractivity contribution in [1.82, 2.24) is 15.3 Å². The molecule has 7 heteroatoms. The van der Waals surface area contributed by atoms with E-state index in [2.05, 4.69) is 15.3 Å². The number of benzene rings is 1. The number of nitrogens with one attached hydrogen (secondary N) is 1. The van der Waals surface area contributed by atoms with E-state index in [4.69, 9.17) is 4.74 Å². The number of nitrogens with zero attached hydrogens (tertiary/aromatic N) is 3. The van der Waals surface area contributed by atoms with Gasteiger partial charge in [0, 0.05) is 25.3 Å². The monoisotopic (exact) mass is 330 g/mol. The van der Waals surface area contributed by atoms with Crippen LogP contribution in [0.5, 0.6) is 0 Å². The van der Waals surface area contributed by atoms with E-state index >= 15 is 0 Å². The number of ether oxygens (including phenoxy) is 1. The highest BCUT2D eigenvalue weighted by molar-refractivity contribution is 5.92. The molecule has 24 heavy (non-hydrogen) atoms. The number of aryl methyl sites for hydroxylation is 1. The summed E-state index contributed by atoms with van der Waals surface area (Å²) in [7, 11) is 0. The minimum atomic E-state index is -0.325. The third-order valence-corrected chi connectivity index (χ3v) is 3.71. The van der Waals surface area contributed by atoms with Gasteiger partial charge in [0.2, 0.25) is 5.95 Å². The van der Waals surface area contributed by atoms with Crippen LogP contribution in [0.4, 0.5) is 10.3 Å². The van der Waals surface area contributed by atoms with E-state index in [0.717, 1.165) is 5.69 Å². The Morgan fingerprint density at radius 1 is 1.29 bits per heavy atom. The average molecular weight is 330 g/mol. The fourth-order valence-corrected chi connectivity index (χ4v) is 2.49. The van der Waals surface area contributed by atoms with Crippen LogP contribution in [-0.4, -0.2) is 42.2 Å². The Kier molecular flexibility index (Phi) is 5.00. The quantitative estimate of drug-likeness (QED) is 0.924. The number of carbonyl (C=O) groups is 1. The Balaban J connectivity index is 1.71. The summed E-state index contributed by atoms with van der Waals surface area (Å²) in [4.78, 5) is 23.1. The first-order valence-electron chi connectivity index (χ1n) is 7.83. The lowest BCUT2D eigenvalue weighted by Gasteiger charge is -2.27. The largest absolute Gasteiger partial charge is 0.378 e. The summed E-state index contributed by atoms with van der Waals surface area (Å²) in [6.07, 6.45) is 0. The van der Waals surface area contributed by atoms with E-state index in [0.29, 0.717) is 43.5 Å². The topological polar surface area (TPSA) is 67.4 Å². The van der Waals surface area contributed by atoms with E-state index in [-0.39, 0.29) is 18.3 Å². The molecule has 0 bridgehead atoms. The highest BCUT2D eigenvalue weighted by Gasteiger charge is 2.17. The summed E-state index contributed by atoms with van der Waals surface area (Å²) < 4.78 is 18.5. The average Bonchev–Trinajstić information content (AvgIpc) is 2.60. The smallest absolute Gasteiger partial charge is 0.270 e. The standard InChI is InChI=1S/C17H19FN4O2/c1-12-9-15(21-17(20-12)22-5-7-24-8-6-22)16(23)19-11-13-3-2-4-14(18)10-13/h2-4,9-10H,5-8,11H2,1H3,(H,19,23). The molecule has 1 amide bonds. The summed E-state index contributed by atoms with van der Waals surface area (Å²) in [5, 5.41) is 2.76. The van der Waals surface area contributed by atoms with Gasteiger partial charge in [-0.3, -0.25) is 4.79 Å². The second kappa shape index (κ2) is 7.35. The van der Waals surface area contributed by atoms with Gasteiger partial charge < -0.3 is 15.0 Å². The van der Waals surface area contributed by atoms with Crippen LogP contribution in [0, 0.1) is 12.7 Å². The number of carbonyl (C=O) groups excluding carboxylic acids is 1. The first-order valence-corrected chi connectivity index (χ1v) is 7.83. The van der Waals surface area contributed by atoms with Crippen molar-refractivity contribution in [2.45, 2.75) is 13.5 Å². The maximum atomic E-state index is 13.2. The number of hydrogen-bond donors (Lipinski definition) is 1. The molecule has 1 aliphatic heterocycles. The summed E-state index contributed by atoms with van der Waals surface area (Å²) in [6.45, 7) is 4.72. The molecule has 2 aromatic rings. The van der Waals surface area contributed by atoms with Crippen molar-refractivity contribution in [2.75, 3.05) is 31.2 Å². The zero-order valence-corrected chi connectivity index (χ0v) is 13.5. The van der Waals surface area contributed by atoms with Gasteiger partial charge in [0.05, 0.1) is 13.2 Å². The molecule has 1 aromatic carbocycles. The summed E-state index contributed by atoms with van der Waals surface area (Å²) in [5.41, 5.74) is 1.73. The fraction of sp³-hybridized carbons (Fsp3) is 0.353. The Morgan fingerprint density at radius 3 is 2.83 bits per heavy atom. The summed E-state index contributed by atoms with van der Waals surface area (Å²) in [6, 6.07) is 7.78. The zero-order chi connectivity index (χ0) is 16.9.